The highest BCUT2D eigenvalue weighted by atomic mass is 32.1. The van der Waals surface area contributed by atoms with Crippen molar-refractivity contribution in [1.82, 2.24) is 10.2 Å². The van der Waals surface area contributed by atoms with E-state index in [9.17, 15) is 9.59 Å². The predicted molar refractivity (Wildman–Crippen MR) is 108 cm³/mol. The average molecular weight is 403 g/mol. The minimum atomic E-state index is -0.315. The Morgan fingerprint density at radius 1 is 1.25 bits per heavy atom. The molecule has 0 unspecified atom stereocenters. The van der Waals surface area contributed by atoms with Crippen LogP contribution in [0.15, 0.2) is 24.3 Å². The highest BCUT2D eigenvalue weighted by Crippen LogP contribution is 2.38. The largest absolute Gasteiger partial charge is 0.395 e. The fourth-order valence-electron chi connectivity index (χ4n) is 4.26. The van der Waals surface area contributed by atoms with Gasteiger partial charge in [0.2, 0.25) is 5.91 Å². The Morgan fingerprint density at radius 2 is 2.04 bits per heavy atom. The summed E-state index contributed by atoms with van der Waals surface area (Å²) in [5.74, 6) is 0.176. The van der Waals surface area contributed by atoms with Crippen molar-refractivity contribution in [2.24, 2.45) is 5.92 Å². The molecule has 2 aliphatic rings. The molecule has 2 amide bonds. The Labute approximate surface area is 168 Å². The van der Waals surface area contributed by atoms with Gasteiger partial charge >= 0.3 is 0 Å². The number of amides is 2. The molecule has 7 heteroatoms. The Balaban J connectivity index is 1.63. The van der Waals surface area contributed by atoms with E-state index in [1.807, 2.05) is 29.2 Å². The van der Waals surface area contributed by atoms with E-state index in [0.29, 0.717) is 24.6 Å². The van der Waals surface area contributed by atoms with Crippen molar-refractivity contribution in [3.05, 3.63) is 34.7 Å². The normalized spacial score (nSPS) is 20.6. The summed E-state index contributed by atoms with van der Waals surface area (Å²) in [5, 5.41) is 12.8. The van der Waals surface area contributed by atoms with Gasteiger partial charge in [-0.15, -0.1) is 11.3 Å². The number of thiophene rings is 1. The highest BCUT2D eigenvalue weighted by molar-refractivity contribution is 7.21. The zero-order valence-corrected chi connectivity index (χ0v) is 16.7. The Hall–Kier alpha value is -1.96. The lowest BCUT2D eigenvalue weighted by Crippen LogP contribution is -2.44. The van der Waals surface area contributed by atoms with Gasteiger partial charge in [0, 0.05) is 29.3 Å². The number of carbonyl (C=O) groups excluding carboxylic acids is 2. The Kier molecular flexibility index (Phi) is 5.94. The molecular weight excluding hydrogens is 376 g/mol. The second-order valence-corrected chi connectivity index (χ2v) is 8.50. The number of aliphatic hydroxyl groups excluding tert-OH is 1. The van der Waals surface area contributed by atoms with E-state index in [1.165, 1.54) is 11.3 Å². The first-order valence-corrected chi connectivity index (χ1v) is 10.8. The number of hydrogen-bond acceptors (Lipinski definition) is 5. The summed E-state index contributed by atoms with van der Waals surface area (Å²) in [6, 6.07) is 7.91. The lowest BCUT2D eigenvalue weighted by Gasteiger charge is -2.35. The van der Waals surface area contributed by atoms with E-state index in [0.717, 1.165) is 41.3 Å². The summed E-state index contributed by atoms with van der Waals surface area (Å²) >= 11 is 1.43. The van der Waals surface area contributed by atoms with Crippen molar-refractivity contribution in [2.45, 2.75) is 31.8 Å². The molecule has 1 aromatic heterocycles. The summed E-state index contributed by atoms with van der Waals surface area (Å²) in [6.45, 7) is 1.68. The summed E-state index contributed by atoms with van der Waals surface area (Å²) in [4.78, 5) is 28.1. The molecular formula is C21H26N2O4S. The number of rotatable bonds is 5. The van der Waals surface area contributed by atoms with E-state index < -0.39 is 0 Å². The smallest absolute Gasteiger partial charge is 0.261 e. The number of ether oxygens (including phenoxy) is 1. The second-order valence-electron chi connectivity index (χ2n) is 7.45. The van der Waals surface area contributed by atoms with E-state index >= 15 is 0 Å². The third-order valence-electron chi connectivity index (χ3n) is 5.64. The van der Waals surface area contributed by atoms with Crippen LogP contribution >= 0.6 is 11.3 Å². The molecule has 0 spiro atoms. The first-order valence-electron chi connectivity index (χ1n) is 10.00. The van der Waals surface area contributed by atoms with Crippen LogP contribution < -0.4 is 5.32 Å². The second kappa shape index (κ2) is 8.59. The quantitative estimate of drug-likeness (QED) is 0.806. The van der Waals surface area contributed by atoms with Crippen LogP contribution in [0.25, 0.3) is 10.1 Å². The molecule has 150 valence electrons. The number of benzene rings is 1. The topological polar surface area (TPSA) is 78.9 Å². The SMILES string of the molecule is O=C(NCCO)c1sc2ccccc2c1[C@H]1CN(C(=O)C2CCCC2)CCO1. The number of nitrogens with one attached hydrogen (secondary N) is 1. The van der Waals surface area contributed by atoms with E-state index in [-0.39, 0.29) is 37.0 Å². The van der Waals surface area contributed by atoms with Gasteiger partial charge in [0.15, 0.2) is 0 Å². The maximum absolute atomic E-state index is 12.9. The number of nitrogens with zero attached hydrogens (tertiary/aromatic N) is 1. The minimum absolute atomic E-state index is 0.102. The third kappa shape index (κ3) is 3.79. The van der Waals surface area contributed by atoms with Crippen molar-refractivity contribution < 1.29 is 19.4 Å². The molecule has 2 N–H and O–H groups in total. The van der Waals surface area contributed by atoms with Crippen LogP contribution in [-0.4, -0.2) is 54.7 Å². The third-order valence-corrected chi connectivity index (χ3v) is 6.83. The highest BCUT2D eigenvalue weighted by Gasteiger charge is 2.34. The molecule has 2 heterocycles. The van der Waals surface area contributed by atoms with Crippen molar-refractivity contribution in [2.75, 3.05) is 32.8 Å². The molecule has 0 radical (unpaired) electrons. The zero-order valence-electron chi connectivity index (χ0n) is 15.9. The zero-order chi connectivity index (χ0) is 19.5. The molecule has 6 nitrogen and oxygen atoms in total. The maximum Gasteiger partial charge on any atom is 0.261 e. The Bertz CT molecular complexity index is 859. The summed E-state index contributed by atoms with van der Waals surface area (Å²) in [6.07, 6.45) is 3.92. The van der Waals surface area contributed by atoms with Crippen molar-refractivity contribution in [3.8, 4) is 0 Å². The summed E-state index contributed by atoms with van der Waals surface area (Å²) in [5.41, 5.74) is 0.861. The maximum atomic E-state index is 12.9. The first-order chi connectivity index (χ1) is 13.7. The van der Waals surface area contributed by atoms with Crippen LogP contribution in [0, 0.1) is 5.92 Å². The number of fused-ring (bicyclic) bond motifs is 1. The standard InChI is InChI=1S/C21H26N2O4S/c24-11-9-22-20(25)19-18(15-7-3-4-8-17(15)28-19)16-13-23(10-12-27-16)21(26)14-5-1-2-6-14/h3-4,7-8,14,16,24H,1-2,5-6,9-13H2,(H,22,25)/t16-/m1/s1. The minimum Gasteiger partial charge on any atom is -0.395 e. The lowest BCUT2D eigenvalue weighted by molar-refractivity contribution is -0.143. The van der Waals surface area contributed by atoms with Crippen LogP contribution in [0.5, 0.6) is 0 Å². The molecule has 1 saturated carbocycles. The van der Waals surface area contributed by atoms with Gasteiger partial charge in [-0.25, -0.2) is 0 Å². The molecule has 1 atom stereocenters. The van der Waals surface area contributed by atoms with Gasteiger partial charge in [-0.2, -0.15) is 0 Å². The van der Waals surface area contributed by atoms with Gasteiger partial charge in [0.1, 0.15) is 6.10 Å². The fraction of sp³-hybridized carbons (Fsp3) is 0.524. The molecule has 4 rings (SSSR count). The van der Waals surface area contributed by atoms with Crippen molar-refractivity contribution >= 4 is 33.2 Å². The number of aliphatic hydroxyl groups is 1. The van der Waals surface area contributed by atoms with Gasteiger partial charge in [0.05, 0.1) is 24.6 Å². The van der Waals surface area contributed by atoms with Crippen LogP contribution in [0.2, 0.25) is 0 Å². The molecule has 1 aromatic carbocycles. The molecule has 1 saturated heterocycles. The fourth-order valence-corrected chi connectivity index (χ4v) is 5.43. The van der Waals surface area contributed by atoms with Crippen LogP contribution in [0.1, 0.15) is 47.0 Å². The van der Waals surface area contributed by atoms with Crippen LogP contribution in [0.4, 0.5) is 0 Å². The van der Waals surface area contributed by atoms with E-state index in [1.54, 1.807) is 0 Å². The summed E-state index contributed by atoms with van der Waals surface area (Å²) < 4.78 is 7.07. The molecule has 2 fully saturated rings. The van der Waals surface area contributed by atoms with Gasteiger partial charge in [-0.05, 0) is 24.3 Å². The Morgan fingerprint density at radius 3 is 2.82 bits per heavy atom. The molecule has 28 heavy (non-hydrogen) atoms. The van der Waals surface area contributed by atoms with Gasteiger partial charge < -0.3 is 20.1 Å². The number of carbonyl (C=O) groups is 2. The monoisotopic (exact) mass is 402 g/mol. The van der Waals surface area contributed by atoms with Crippen molar-refractivity contribution in [3.63, 3.8) is 0 Å². The van der Waals surface area contributed by atoms with E-state index in [2.05, 4.69) is 5.32 Å². The van der Waals surface area contributed by atoms with Crippen LogP contribution in [0.3, 0.4) is 0 Å². The van der Waals surface area contributed by atoms with Gasteiger partial charge in [0.25, 0.3) is 5.91 Å². The number of morpholine rings is 1. The molecule has 1 aliphatic carbocycles. The number of hydrogen-bond donors (Lipinski definition) is 2. The molecule has 0 bridgehead atoms. The van der Waals surface area contributed by atoms with Gasteiger partial charge in [-0.3, -0.25) is 9.59 Å². The summed E-state index contributed by atoms with van der Waals surface area (Å²) in [7, 11) is 0. The van der Waals surface area contributed by atoms with E-state index in [4.69, 9.17) is 9.84 Å². The first kappa shape index (κ1) is 19.4. The van der Waals surface area contributed by atoms with Crippen molar-refractivity contribution in [1.29, 1.82) is 0 Å². The van der Waals surface area contributed by atoms with Gasteiger partial charge in [-0.1, -0.05) is 31.0 Å². The lowest BCUT2D eigenvalue weighted by atomic mass is 10.0. The molecule has 2 aromatic rings. The predicted octanol–water partition coefficient (Wildman–Crippen LogP) is 2.71. The van der Waals surface area contributed by atoms with Crippen LogP contribution in [-0.2, 0) is 9.53 Å². The molecule has 1 aliphatic heterocycles. The average Bonchev–Trinajstić information content (AvgIpc) is 3.39.